The van der Waals surface area contributed by atoms with Crippen LogP contribution >= 0.6 is 0 Å². The number of anilines is 3. The zero-order valence-corrected chi connectivity index (χ0v) is 17.1. The number of hydrogen-bond acceptors (Lipinski definition) is 4. The van der Waals surface area contributed by atoms with Crippen molar-refractivity contribution < 1.29 is 9.59 Å². The number of carbonyl (C=O) groups excluding carboxylic acids is 2. The van der Waals surface area contributed by atoms with Gasteiger partial charge in [-0.15, -0.1) is 0 Å². The summed E-state index contributed by atoms with van der Waals surface area (Å²) < 4.78 is 0. The van der Waals surface area contributed by atoms with Crippen molar-refractivity contribution in [2.75, 3.05) is 35.3 Å². The molecule has 0 spiro atoms. The second-order valence-corrected chi connectivity index (χ2v) is 7.36. The Hall–Kier alpha value is -3.09. The lowest BCUT2D eigenvalue weighted by molar-refractivity contribution is -0.116. The number of nitrogens with zero attached hydrogens (tertiary/aromatic N) is 3. The summed E-state index contributed by atoms with van der Waals surface area (Å²) in [7, 11) is 1.71. The molecule has 1 saturated heterocycles. The summed E-state index contributed by atoms with van der Waals surface area (Å²) in [6.07, 6.45) is 6.86. The summed E-state index contributed by atoms with van der Waals surface area (Å²) in [6.45, 7) is 4.04. The second kappa shape index (κ2) is 9.91. The van der Waals surface area contributed by atoms with Crippen LogP contribution in [0.15, 0.2) is 42.6 Å². The molecule has 0 saturated carbocycles. The zero-order valence-electron chi connectivity index (χ0n) is 17.1. The summed E-state index contributed by atoms with van der Waals surface area (Å²) in [4.78, 5) is 32.0. The van der Waals surface area contributed by atoms with Crippen LogP contribution in [0.2, 0.25) is 0 Å². The molecule has 1 aliphatic rings. The van der Waals surface area contributed by atoms with Crippen LogP contribution in [0, 0.1) is 0 Å². The minimum Gasteiger partial charge on any atom is -0.357 e. The van der Waals surface area contributed by atoms with E-state index in [1.807, 2.05) is 18.3 Å². The Labute approximate surface area is 172 Å². The average molecular weight is 396 g/mol. The molecule has 2 heterocycles. The lowest BCUT2D eigenvalue weighted by atomic mass is 10.2. The fourth-order valence-corrected chi connectivity index (χ4v) is 3.32. The molecule has 154 valence electrons. The maximum absolute atomic E-state index is 12.1. The van der Waals surface area contributed by atoms with E-state index in [0.717, 1.165) is 30.2 Å². The van der Waals surface area contributed by atoms with Crippen molar-refractivity contribution in [2.24, 2.45) is 0 Å². The van der Waals surface area contributed by atoms with Crippen LogP contribution < -0.4 is 20.4 Å². The normalized spacial score (nSPS) is 14.1. The van der Waals surface area contributed by atoms with Crippen molar-refractivity contribution in [2.45, 2.75) is 39.2 Å². The van der Waals surface area contributed by atoms with Gasteiger partial charge in [0, 0.05) is 51.2 Å². The molecular weight excluding hydrogens is 366 g/mol. The lowest BCUT2D eigenvalue weighted by Gasteiger charge is -2.21. The predicted octanol–water partition coefficient (Wildman–Crippen LogP) is 3.77. The van der Waals surface area contributed by atoms with Gasteiger partial charge in [0.1, 0.15) is 5.82 Å². The smallest absolute Gasteiger partial charge is 0.319 e. The van der Waals surface area contributed by atoms with Gasteiger partial charge in [-0.2, -0.15) is 0 Å². The van der Waals surface area contributed by atoms with Crippen LogP contribution in [-0.4, -0.2) is 37.1 Å². The number of rotatable bonds is 5. The Balaban J connectivity index is 1.48. The molecule has 1 aromatic carbocycles. The van der Waals surface area contributed by atoms with Gasteiger partial charge in [0.15, 0.2) is 0 Å². The van der Waals surface area contributed by atoms with Gasteiger partial charge in [-0.25, -0.2) is 9.78 Å². The van der Waals surface area contributed by atoms with E-state index in [1.165, 1.54) is 32.6 Å². The first-order chi connectivity index (χ1) is 14.0. The SMILES string of the molecule is CC(=O)N(C)c1ccc(NC(=O)NCc2ccc(N3CCCCCC3)nc2)cc1. The van der Waals surface area contributed by atoms with Crippen molar-refractivity contribution in [1.29, 1.82) is 0 Å². The van der Waals surface area contributed by atoms with Crippen LogP contribution in [0.5, 0.6) is 0 Å². The van der Waals surface area contributed by atoms with Crippen LogP contribution in [0.4, 0.5) is 22.0 Å². The molecule has 1 aromatic heterocycles. The van der Waals surface area contributed by atoms with E-state index in [9.17, 15) is 9.59 Å². The van der Waals surface area contributed by atoms with Crippen molar-refractivity contribution in [3.63, 3.8) is 0 Å². The van der Waals surface area contributed by atoms with Gasteiger partial charge >= 0.3 is 6.03 Å². The summed E-state index contributed by atoms with van der Waals surface area (Å²) in [5, 5.41) is 5.64. The van der Waals surface area contributed by atoms with Gasteiger partial charge in [-0.1, -0.05) is 18.9 Å². The molecule has 3 rings (SSSR count). The van der Waals surface area contributed by atoms with Gasteiger partial charge in [0.25, 0.3) is 0 Å². The Bertz CT molecular complexity index is 812. The van der Waals surface area contributed by atoms with E-state index in [1.54, 1.807) is 36.2 Å². The van der Waals surface area contributed by atoms with E-state index >= 15 is 0 Å². The predicted molar refractivity (Wildman–Crippen MR) is 116 cm³/mol. The molecule has 7 nitrogen and oxygen atoms in total. The molecule has 0 radical (unpaired) electrons. The molecule has 1 aliphatic heterocycles. The van der Waals surface area contributed by atoms with Crippen molar-refractivity contribution >= 4 is 29.1 Å². The highest BCUT2D eigenvalue weighted by Gasteiger charge is 2.11. The number of benzene rings is 1. The maximum atomic E-state index is 12.1. The molecule has 0 bridgehead atoms. The Morgan fingerprint density at radius 1 is 1.03 bits per heavy atom. The monoisotopic (exact) mass is 395 g/mol. The van der Waals surface area contributed by atoms with E-state index in [4.69, 9.17) is 0 Å². The van der Waals surface area contributed by atoms with Gasteiger partial charge < -0.3 is 20.4 Å². The van der Waals surface area contributed by atoms with Gasteiger partial charge in [-0.3, -0.25) is 4.79 Å². The number of urea groups is 1. The first-order valence-electron chi connectivity index (χ1n) is 10.1. The molecule has 0 atom stereocenters. The van der Waals surface area contributed by atoms with E-state index < -0.39 is 0 Å². The van der Waals surface area contributed by atoms with E-state index in [0.29, 0.717) is 12.2 Å². The molecule has 7 heteroatoms. The fourth-order valence-electron chi connectivity index (χ4n) is 3.32. The van der Waals surface area contributed by atoms with Crippen molar-refractivity contribution in [3.8, 4) is 0 Å². The third-order valence-corrected chi connectivity index (χ3v) is 5.18. The molecular formula is C22H29N5O2. The molecule has 0 unspecified atom stereocenters. The summed E-state index contributed by atoms with van der Waals surface area (Å²) in [5.74, 6) is 0.967. The highest BCUT2D eigenvalue weighted by molar-refractivity contribution is 5.92. The third-order valence-electron chi connectivity index (χ3n) is 5.18. The van der Waals surface area contributed by atoms with Crippen LogP contribution in [0.1, 0.15) is 38.2 Å². The fraction of sp³-hybridized carbons (Fsp3) is 0.409. The quantitative estimate of drug-likeness (QED) is 0.808. The third kappa shape index (κ3) is 5.94. The van der Waals surface area contributed by atoms with Crippen molar-refractivity contribution in [1.82, 2.24) is 10.3 Å². The van der Waals surface area contributed by atoms with Gasteiger partial charge in [-0.05, 0) is 48.7 Å². The minimum atomic E-state index is -0.283. The Morgan fingerprint density at radius 2 is 1.72 bits per heavy atom. The van der Waals surface area contributed by atoms with Gasteiger partial charge in [0.05, 0.1) is 0 Å². The number of carbonyl (C=O) groups is 2. The molecule has 3 amide bonds. The number of hydrogen-bond donors (Lipinski definition) is 2. The first-order valence-corrected chi connectivity index (χ1v) is 10.1. The molecule has 1 fully saturated rings. The number of nitrogens with one attached hydrogen (secondary N) is 2. The van der Waals surface area contributed by atoms with E-state index in [-0.39, 0.29) is 11.9 Å². The number of pyridine rings is 1. The topological polar surface area (TPSA) is 77.6 Å². The Morgan fingerprint density at radius 3 is 2.31 bits per heavy atom. The molecule has 2 aromatic rings. The molecule has 2 N–H and O–H groups in total. The summed E-state index contributed by atoms with van der Waals surface area (Å²) >= 11 is 0. The summed E-state index contributed by atoms with van der Waals surface area (Å²) in [5.41, 5.74) is 2.40. The van der Waals surface area contributed by atoms with E-state index in [2.05, 4.69) is 20.5 Å². The zero-order chi connectivity index (χ0) is 20.6. The lowest BCUT2D eigenvalue weighted by Crippen LogP contribution is -2.28. The highest BCUT2D eigenvalue weighted by Crippen LogP contribution is 2.18. The average Bonchev–Trinajstić information content (AvgIpc) is 3.02. The second-order valence-electron chi connectivity index (χ2n) is 7.36. The maximum Gasteiger partial charge on any atom is 0.319 e. The van der Waals surface area contributed by atoms with Crippen LogP contribution in [-0.2, 0) is 11.3 Å². The van der Waals surface area contributed by atoms with Crippen molar-refractivity contribution in [3.05, 3.63) is 48.2 Å². The van der Waals surface area contributed by atoms with Crippen LogP contribution in [0.3, 0.4) is 0 Å². The number of aromatic nitrogens is 1. The standard InChI is InChI=1S/C22H29N5O2/c1-17(28)26(2)20-10-8-19(9-11-20)25-22(29)24-16-18-7-12-21(23-15-18)27-13-5-3-4-6-14-27/h7-12,15H,3-6,13-14,16H2,1-2H3,(H2,24,25,29). The molecule has 29 heavy (non-hydrogen) atoms. The highest BCUT2D eigenvalue weighted by atomic mass is 16.2. The summed E-state index contributed by atoms with van der Waals surface area (Å²) in [6, 6.07) is 10.9. The first kappa shape index (κ1) is 20.6. The Kier molecular flexibility index (Phi) is 7.05. The number of amides is 3. The van der Waals surface area contributed by atoms with Gasteiger partial charge in [0.2, 0.25) is 5.91 Å². The minimum absolute atomic E-state index is 0.0427. The van der Waals surface area contributed by atoms with Crippen LogP contribution in [0.25, 0.3) is 0 Å². The largest absolute Gasteiger partial charge is 0.357 e. The molecule has 0 aliphatic carbocycles.